The molecule has 0 radical (unpaired) electrons. The molecule has 3 aromatic rings. The second kappa shape index (κ2) is 6.78. The number of aromatic amines is 1. The van der Waals surface area contributed by atoms with Crippen molar-refractivity contribution in [2.24, 2.45) is 7.05 Å². The molecule has 28 heavy (non-hydrogen) atoms. The number of benzene rings is 1. The Hall–Kier alpha value is -3.16. The van der Waals surface area contributed by atoms with Crippen LogP contribution < -0.4 is 0 Å². The summed E-state index contributed by atoms with van der Waals surface area (Å²) in [6, 6.07) is 6.01. The van der Waals surface area contributed by atoms with Crippen LogP contribution in [0, 0.1) is 0 Å². The van der Waals surface area contributed by atoms with E-state index in [-0.39, 0.29) is 6.09 Å². The quantitative estimate of drug-likeness (QED) is 0.736. The highest BCUT2D eigenvalue weighted by Gasteiger charge is 2.26. The average molecular weight is 380 g/mol. The number of hydrogen-bond acceptors (Lipinski definition) is 5. The molecule has 0 spiro atoms. The molecule has 4 rings (SSSR count). The monoisotopic (exact) mass is 380 g/mol. The molecule has 8 nitrogen and oxygen atoms in total. The summed E-state index contributed by atoms with van der Waals surface area (Å²) in [5, 5.41) is 16.9. The number of H-pyrrole nitrogens is 1. The van der Waals surface area contributed by atoms with E-state index in [1.807, 2.05) is 52.2 Å². The van der Waals surface area contributed by atoms with Gasteiger partial charge in [-0.1, -0.05) is 29.5 Å². The van der Waals surface area contributed by atoms with Crippen LogP contribution >= 0.6 is 0 Å². The number of aryl methyl sites for hydroxylation is 1. The van der Waals surface area contributed by atoms with Crippen molar-refractivity contribution in [3.8, 4) is 11.3 Å². The summed E-state index contributed by atoms with van der Waals surface area (Å²) < 4.78 is 7.20. The van der Waals surface area contributed by atoms with Crippen molar-refractivity contribution in [3.05, 3.63) is 36.2 Å². The summed E-state index contributed by atoms with van der Waals surface area (Å²) in [5.74, 6) is 0. The Balaban J connectivity index is 1.65. The fraction of sp³-hybridized carbons (Fsp3) is 0.400. The standard InChI is InChI=1S/C20H24N6O2/c1-20(2,3)28-19(27)26-10-6-7-13(11-26)17-15-9-5-8-14(18(15)23-22-17)16-12-25(4)24-21-16/h5,7-9,12H,6,10-11H2,1-4H3,(H,22,23). The Labute approximate surface area is 163 Å². The third-order valence-electron chi connectivity index (χ3n) is 4.58. The van der Waals surface area contributed by atoms with Crippen LogP contribution in [0.25, 0.3) is 27.7 Å². The minimum Gasteiger partial charge on any atom is -0.444 e. The van der Waals surface area contributed by atoms with Gasteiger partial charge in [0, 0.05) is 24.5 Å². The fourth-order valence-corrected chi connectivity index (χ4v) is 3.37. The van der Waals surface area contributed by atoms with Crippen LogP contribution in [0.2, 0.25) is 0 Å². The molecule has 8 heteroatoms. The van der Waals surface area contributed by atoms with Crippen LogP contribution in [0.5, 0.6) is 0 Å². The molecule has 1 amide bonds. The molecule has 0 bridgehead atoms. The lowest BCUT2D eigenvalue weighted by molar-refractivity contribution is 0.0273. The van der Waals surface area contributed by atoms with Gasteiger partial charge in [-0.15, -0.1) is 5.10 Å². The van der Waals surface area contributed by atoms with Crippen LogP contribution in [0.1, 0.15) is 32.9 Å². The summed E-state index contributed by atoms with van der Waals surface area (Å²) in [6.07, 6.45) is 4.50. The second-order valence-electron chi connectivity index (χ2n) is 8.00. The summed E-state index contributed by atoms with van der Waals surface area (Å²) in [5.41, 5.74) is 4.01. The molecule has 1 aromatic carbocycles. The van der Waals surface area contributed by atoms with Crippen molar-refractivity contribution < 1.29 is 9.53 Å². The highest BCUT2D eigenvalue weighted by Crippen LogP contribution is 2.31. The van der Waals surface area contributed by atoms with Crippen molar-refractivity contribution in [1.82, 2.24) is 30.1 Å². The maximum absolute atomic E-state index is 12.5. The number of hydrogen-bond donors (Lipinski definition) is 1. The smallest absolute Gasteiger partial charge is 0.410 e. The number of ether oxygens (including phenoxy) is 1. The number of para-hydroxylation sites is 1. The van der Waals surface area contributed by atoms with Crippen molar-refractivity contribution >= 4 is 22.6 Å². The lowest BCUT2D eigenvalue weighted by Crippen LogP contribution is -2.39. The first-order valence-electron chi connectivity index (χ1n) is 9.33. The van der Waals surface area contributed by atoms with Crippen LogP contribution in [0.3, 0.4) is 0 Å². The molecule has 0 aliphatic carbocycles. The van der Waals surface area contributed by atoms with E-state index in [1.54, 1.807) is 9.58 Å². The van der Waals surface area contributed by atoms with E-state index in [9.17, 15) is 4.79 Å². The van der Waals surface area contributed by atoms with E-state index in [0.29, 0.717) is 13.1 Å². The first-order valence-corrected chi connectivity index (χ1v) is 9.33. The Morgan fingerprint density at radius 1 is 1.29 bits per heavy atom. The zero-order valence-corrected chi connectivity index (χ0v) is 16.6. The van der Waals surface area contributed by atoms with Gasteiger partial charge in [0.25, 0.3) is 0 Å². The molecule has 1 aliphatic heterocycles. The number of carbonyl (C=O) groups is 1. The number of rotatable bonds is 2. The molecule has 146 valence electrons. The Bertz CT molecular complexity index is 1060. The summed E-state index contributed by atoms with van der Waals surface area (Å²) >= 11 is 0. The lowest BCUT2D eigenvalue weighted by Gasteiger charge is -2.30. The second-order valence-corrected chi connectivity index (χ2v) is 8.00. The molecule has 0 fully saturated rings. The maximum atomic E-state index is 12.5. The summed E-state index contributed by atoms with van der Waals surface area (Å²) in [4.78, 5) is 14.2. The maximum Gasteiger partial charge on any atom is 0.410 e. The van der Waals surface area contributed by atoms with Crippen molar-refractivity contribution in [1.29, 1.82) is 0 Å². The SMILES string of the molecule is Cn1cc(-c2cccc3c(C4=CCCN(C(=O)OC(C)(C)C)C4)n[nH]c23)nn1. The van der Waals surface area contributed by atoms with Gasteiger partial charge < -0.3 is 9.64 Å². The number of aromatic nitrogens is 5. The van der Waals surface area contributed by atoms with Crippen LogP contribution in [0.4, 0.5) is 4.79 Å². The number of carbonyl (C=O) groups excluding carboxylic acids is 1. The van der Waals surface area contributed by atoms with E-state index >= 15 is 0 Å². The highest BCUT2D eigenvalue weighted by molar-refractivity contribution is 5.99. The van der Waals surface area contributed by atoms with E-state index in [4.69, 9.17) is 4.74 Å². The van der Waals surface area contributed by atoms with E-state index < -0.39 is 5.60 Å². The number of nitrogens with zero attached hydrogens (tertiary/aromatic N) is 5. The van der Waals surface area contributed by atoms with E-state index in [0.717, 1.165) is 39.8 Å². The zero-order valence-electron chi connectivity index (χ0n) is 16.6. The third kappa shape index (κ3) is 3.49. The van der Waals surface area contributed by atoms with Gasteiger partial charge in [-0.2, -0.15) is 5.10 Å². The molecular formula is C20H24N6O2. The summed E-state index contributed by atoms with van der Waals surface area (Å²) in [6.45, 7) is 6.75. The van der Waals surface area contributed by atoms with Crippen LogP contribution in [0.15, 0.2) is 30.5 Å². The van der Waals surface area contributed by atoms with E-state index in [1.165, 1.54) is 0 Å². The van der Waals surface area contributed by atoms with Gasteiger partial charge in [0.1, 0.15) is 11.3 Å². The van der Waals surface area contributed by atoms with Gasteiger partial charge in [-0.25, -0.2) is 4.79 Å². The molecule has 3 heterocycles. The van der Waals surface area contributed by atoms with Crippen LogP contribution in [-0.4, -0.2) is 54.9 Å². The zero-order chi connectivity index (χ0) is 19.9. The first-order chi connectivity index (χ1) is 13.3. The molecule has 1 aliphatic rings. The molecule has 0 atom stereocenters. The van der Waals surface area contributed by atoms with Gasteiger partial charge in [-0.05, 0) is 32.8 Å². The molecule has 1 N–H and O–H groups in total. The minimum absolute atomic E-state index is 0.293. The number of fused-ring (bicyclic) bond motifs is 1. The Morgan fingerprint density at radius 3 is 2.82 bits per heavy atom. The van der Waals surface area contributed by atoms with Gasteiger partial charge in [0.2, 0.25) is 0 Å². The average Bonchev–Trinajstić information content (AvgIpc) is 3.26. The van der Waals surface area contributed by atoms with Gasteiger partial charge in [-0.3, -0.25) is 9.78 Å². The fourth-order valence-electron chi connectivity index (χ4n) is 3.37. The third-order valence-corrected chi connectivity index (χ3v) is 4.58. The first kappa shape index (κ1) is 18.2. The highest BCUT2D eigenvalue weighted by atomic mass is 16.6. The Morgan fingerprint density at radius 2 is 2.11 bits per heavy atom. The van der Waals surface area contributed by atoms with Crippen molar-refractivity contribution in [3.63, 3.8) is 0 Å². The topological polar surface area (TPSA) is 88.9 Å². The normalized spacial score (nSPS) is 15.0. The number of amides is 1. The van der Waals surface area contributed by atoms with Gasteiger partial charge >= 0.3 is 6.09 Å². The Kier molecular flexibility index (Phi) is 4.41. The van der Waals surface area contributed by atoms with Crippen LogP contribution in [-0.2, 0) is 11.8 Å². The molecule has 2 aromatic heterocycles. The van der Waals surface area contributed by atoms with E-state index in [2.05, 4.69) is 26.6 Å². The van der Waals surface area contributed by atoms with Gasteiger partial charge in [0.15, 0.2) is 0 Å². The molecule has 0 saturated heterocycles. The van der Waals surface area contributed by atoms with Crippen molar-refractivity contribution in [2.45, 2.75) is 32.8 Å². The summed E-state index contributed by atoms with van der Waals surface area (Å²) in [7, 11) is 1.84. The molecular weight excluding hydrogens is 356 g/mol. The van der Waals surface area contributed by atoms with Gasteiger partial charge in [0.05, 0.1) is 24.0 Å². The number of nitrogens with one attached hydrogen (secondary N) is 1. The predicted molar refractivity (Wildman–Crippen MR) is 106 cm³/mol. The minimum atomic E-state index is -0.511. The largest absolute Gasteiger partial charge is 0.444 e. The molecule has 0 saturated carbocycles. The predicted octanol–water partition coefficient (Wildman–Crippen LogP) is 3.38. The molecule has 0 unspecified atom stereocenters. The van der Waals surface area contributed by atoms with Crippen molar-refractivity contribution in [2.75, 3.05) is 13.1 Å². The lowest BCUT2D eigenvalue weighted by atomic mass is 10.0.